The molecule has 1 aromatic carbocycles. The van der Waals surface area contributed by atoms with Gasteiger partial charge in [-0.15, -0.1) is 0 Å². The minimum Gasteiger partial charge on any atom is -0.547 e. The molecule has 1 aromatic rings. The van der Waals surface area contributed by atoms with Crippen molar-refractivity contribution in [2.75, 3.05) is 20.6 Å². The third-order valence-corrected chi connectivity index (χ3v) is 4.91. The number of aliphatic hydroxyl groups is 1. The number of unbranched alkanes of at least 4 members (excludes halogenated alkanes) is 9. The molecule has 0 aromatic heterocycles. The molecule has 0 aliphatic carbocycles. The first-order valence-electron chi connectivity index (χ1n) is 11.0. The molecule has 0 radical (unpaired) electrons. The Bertz CT molecular complexity index is 486. The zero-order valence-corrected chi connectivity index (χ0v) is 18.7. The van der Waals surface area contributed by atoms with E-state index in [4.69, 9.17) is 5.11 Å². The second-order valence-electron chi connectivity index (χ2n) is 8.48. The van der Waals surface area contributed by atoms with Gasteiger partial charge >= 0.3 is 0 Å². The highest BCUT2D eigenvalue weighted by atomic mass is 16.4. The largest absolute Gasteiger partial charge is 0.547 e. The molecule has 0 aliphatic heterocycles. The molecular weight excluding hydrogens is 350 g/mol. The highest BCUT2D eigenvalue weighted by Crippen LogP contribution is 2.13. The van der Waals surface area contributed by atoms with E-state index in [0.717, 1.165) is 18.0 Å². The Morgan fingerprint density at radius 2 is 1.36 bits per heavy atom. The zero-order chi connectivity index (χ0) is 21.3. The molecule has 4 nitrogen and oxygen atoms in total. The summed E-state index contributed by atoms with van der Waals surface area (Å²) >= 11 is 0. The van der Waals surface area contributed by atoms with Crippen LogP contribution in [0.15, 0.2) is 30.3 Å². The lowest BCUT2D eigenvalue weighted by Crippen LogP contribution is -2.39. The molecule has 0 saturated heterocycles. The number of nitrogens with zero attached hydrogens (tertiary/aromatic N) is 1. The Balaban J connectivity index is 0.00000105. The first-order valence-corrected chi connectivity index (χ1v) is 11.0. The number of aliphatic hydroxyl groups excluding tert-OH is 1. The van der Waals surface area contributed by atoms with E-state index in [1.165, 1.54) is 76.3 Å². The number of benzene rings is 1. The van der Waals surface area contributed by atoms with Gasteiger partial charge in [-0.3, -0.25) is 0 Å². The van der Waals surface area contributed by atoms with Crippen LogP contribution in [0.4, 0.5) is 0 Å². The lowest BCUT2D eigenvalue weighted by molar-refractivity contribution is -0.903. The topological polar surface area (TPSA) is 60.4 Å². The van der Waals surface area contributed by atoms with Gasteiger partial charge in [-0.1, -0.05) is 88.6 Å². The second kappa shape index (κ2) is 16.6. The van der Waals surface area contributed by atoms with Gasteiger partial charge in [0, 0.05) is 5.56 Å². The Morgan fingerprint density at radius 3 is 1.79 bits per heavy atom. The number of carboxylic acids is 1. The minimum atomic E-state index is -1.44. The van der Waals surface area contributed by atoms with Gasteiger partial charge in [0.1, 0.15) is 6.54 Å². The van der Waals surface area contributed by atoms with E-state index in [2.05, 4.69) is 51.4 Å². The van der Waals surface area contributed by atoms with Crippen LogP contribution in [0.25, 0.3) is 0 Å². The van der Waals surface area contributed by atoms with Gasteiger partial charge < -0.3 is 19.5 Å². The molecule has 1 N–H and O–H groups in total. The summed E-state index contributed by atoms with van der Waals surface area (Å²) in [6, 6.07) is 10.9. The molecule has 1 rings (SSSR count). The van der Waals surface area contributed by atoms with Crippen LogP contribution in [0.2, 0.25) is 0 Å². The van der Waals surface area contributed by atoms with Gasteiger partial charge in [-0.2, -0.15) is 0 Å². The monoisotopic (exact) mass is 393 g/mol. The predicted octanol–water partition coefficient (Wildman–Crippen LogP) is 4.30. The maximum absolute atomic E-state index is 9.34. The summed E-state index contributed by atoms with van der Waals surface area (Å²) in [4.78, 5) is 9.34. The fraction of sp³-hybridized carbons (Fsp3) is 0.708. The van der Waals surface area contributed by atoms with Crippen molar-refractivity contribution < 1.29 is 19.5 Å². The van der Waals surface area contributed by atoms with Crippen LogP contribution in [0.1, 0.15) is 83.6 Å². The standard InChI is InChI=1S/C21H38N.C3H6O3/c1-4-5-6-7-8-9-10-11-12-16-19-22(2,3)20-21-17-14-13-15-18-21;1-2(4)3(5)6/h13-15,17-18H,4-12,16,19-20H2,1-3H3;2,4H,1H3,(H,5,6)/q+1;/p-1. The molecule has 0 amide bonds. The van der Waals surface area contributed by atoms with E-state index in [1.807, 2.05) is 0 Å². The van der Waals surface area contributed by atoms with Crippen molar-refractivity contribution in [3.05, 3.63) is 35.9 Å². The maximum atomic E-state index is 9.34. The molecule has 1 unspecified atom stereocenters. The quantitative estimate of drug-likeness (QED) is 0.379. The van der Waals surface area contributed by atoms with Crippen LogP contribution in [-0.4, -0.2) is 42.3 Å². The lowest BCUT2D eigenvalue weighted by atomic mass is 10.1. The summed E-state index contributed by atoms with van der Waals surface area (Å²) in [6.07, 6.45) is 12.9. The summed E-state index contributed by atoms with van der Waals surface area (Å²) in [5, 5.41) is 17.3. The van der Waals surface area contributed by atoms with Gasteiger partial charge in [0.15, 0.2) is 0 Å². The molecule has 0 aliphatic rings. The summed E-state index contributed by atoms with van der Waals surface area (Å²) in [7, 11) is 4.72. The number of rotatable bonds is 14. The molecule has 0 bridgehead atoms. The fourth-order valence-electron chi connectivity index (χ4n) is 3.18. The van der Waals surface area contributed by atoms with Crippen LogP contribution >= 0.6 is 0 Å². The molecule has 4 heteroatoms. The van der Waals surface area contributed by atoms with E-state index in [-0.39, 0.29) is 0 Å². The van der Waals surface area contributed by atoms with Crippen molar-refractivity contribution >= 4 is 5.97 Å². The van der Waals surface area contributed by atoms with Crippen molar-refractivity contribution in [1.29, 1.82) is 0 Å². The summed E-state index contributed by atoms with van der Waals surface area (Å²) in [5.41, 5.74) is 1.46. The minimum absolute atomic E-state index is 1.11. The van der Waals surface area contributed by atoms with E-state index in [9.17, 15) is 9.90 Å². The Kier molecular flexibility index (Phi) is 15.7. The van der Waals surface area contributed by atoms with Gasteiger partial charge in [0.2, 0.25) is 0 Å². The van der Waals surface area contributed by atoms with Crippen LogP contribution in [0.5, 0.6) is 0 Å². The number of aliphatic carboxylic acids is 1. The molecule has 162 valence electrons. The van der Waals surface area contributed by atoms with E-state index < -0.39 is 12.1 Å². The van der Waals surface area contributed by atoms with Gasteiger partial charge in [0.25, 0.3) is 0 Å². The fourth-order valence-corrected chi connectivity index (χ4v) is 3.18. The number of carbonyl (C=O) groups excluding carboxylic acids is 1. The number of hydrogen-bond donors (Lipinski definition) is 1. The molecule has 0 spiro atoms. The average molecular weight is 394 g/mol. The molecule has 28 heavy (non-hydrogen) atoms. The molecule has 1 atom stereocenters. The first-order chi connectivity index (χ1) is 13.3. The van der Waals surface area contributed by atoms with Crippen LogP contribution in [0.3, 0.4) is 0 Å². The molecule has 0 fully saturated rings. The Morgan fingerprint density at radius 1 is 0.929 bits per heavy atom. The SMILES string of the molecule is CC(O)C(=O)[O-].CCCCCCCCCCCC[N+](C)(C)Cc1ccccc1. The van der Waals surface area contributed by atoms with Crippen molar-refractivity contribution in [3.63, 3.8) is 0 Å². The smallest absolute Gasteiger partial charge is 0.104 e. The average Bonchev–Trinajstić information content (AvgIpc) is 2.64. The van der Waals surface area contributed by atoms with Gasteiger partial charge in [-0.05, 0) is 19.8 Å². The Hall–Kier alpha value is -1.39. The van der Waals surface area contributed by atoms with E-state index in [1.54, 1.807) is 0 Å². The number of carbonyl (C=O) groups is 1. The third kappa shape index (κ3) is 16.8. The lowest BCUT2D eigenvalue weighted by Gasteiger charge is -2.30. The molecule has 0 heterocycles. The summed E-state index contributed by atoms with van der Waals surface area (Å²) in [5.74, 6) is -1.44. The van der Waals surface area contributed by atoms with Crippen molar-refractivity contribution in [3.8, 4) is 0 Å². The molecule has 0 saturated carbocycles. The van der Waals surface area contributed by atoms with Crippen LogP contribution in [-0.2, 0) is 11.3 Å². The summed E-state index contributed by atoms with van der Waals surface area (Å²) in [6.45, 7) is 5.87. The number of hydrogen-bond acceptors (Lipinski definition) is 3. The number of quaternary nitrogens is 1. The van der Waals surface area contributed by atoms with E-state index in [0.29, 0.717) is 0 Å². The zero-order valence-electron chi connectivity index (χ0n) is 18.7. The highest BCUT2D eigenvalue weighted by Gasteiger charge is 2.14. The van der Waals surface area contributed by atoms with Gasteiger partial charge in [-0.25, -0.2) is 0 Å². The summed E-state index contributed by atoms with van der Waals surface area (Å²) < 4.78 is 1.11. The van der Waals surface area contributed by atoms with Gasteiger partial charge in [0.05, 0.1) is 32.7 Å². The third-order valence-electron chi connectivity index (χ3n) is 4.91. The second-order valence-corrected chi connectivity index (χ2v) is 8.48. The highest BCUT2D eigenvalue weighted by molar-refractivity contribution is 5.68. The van der Waals surface area contributed by atoms with Crippen LogP contribution in [0, 0.1) is 0 Å². The first kappa shape index (κ1) is 26.6. The van der Waals surface area contributed by atoms with Crippen LogP contribution < -0.4 is 5.11 Å². The van der Waals surface area contributed by atoms with Crippen molar-refractivity contribution in [2.24, 2.45) is 0 Å². The maximum Gasteiger partial charge on any atom is 0.104 e. The normalized spacial score (nSPS) is 12.2. The van der Waals surface area contributed by atoms with E-state index >= 15 is 0 Å². The van der Waals surface area contributed by atoms with Crippen molar-refractivity contribution in [2.45, 2.75) is 90.7 Å². The predicted molar refractivity (Wildman–Crippen MR) is 116 cm³/mol. The number of carboxylic acid groups (broad SMARTS) is 1. The van der Waals surface area contributed by atoms with Crippen molar-refractivity contribution in [1.82, 2.24) is 0 Å². The molecular formula is C24H43NO3. The Labute approximate surface area is 173 Å².